The highest BCUT2D eigenvalue weighted by Gasteiger charge is 1.84. The first-order chi connectivity index (χ1) is 4.43. The summed E-state index contributed by atoms with van der Waals surface area (Å²) in [7, 11) is 0. The first kappa shape index (κ1) is 9.36. The summed E-state index contributed by atoms with van der Waals surface area (Å²) in [6.07, 6.45) is 3.49. The maximum absolute atomic E-state index is 5.09. The molecule has 0 bridgehead atoms. The summed E-state index contributed by atoms with van der Waals surface area (Å²) in [5.41, 5.74) is 3.70. The van der Waals surface area contributed by atoms with Gasteiger partial charge in [0, 0.05) is 18.9 Å². The quantitative estimate of drug-likeness (QED) is 0.487. The Kier molecular flexibility index (Phi) is 4.84. The summed E-state index contributed by atoms with van der Waals surface area (Å²) in [4.78, 5) is 3.86. The number of hydrogen-bond acceptors (Lipinski definition) is 3. The second-order valence-corrected chi connectivity index (χ2v) is 1.74. The number of nitrogens with two attached hydrogens (primary N) is 1. The molecule has 0 aliphatic heterocycles. The van der Waals surface area contributed by atoms with Crippen LogP contribution in [0.2, 0.25) is 0 Å². The number of halogens is 1. The second kappa shape index (κ2) is 5.17. The maximum Gasteiger partial charge on any atom is 0.0349 e. The molecule has 1 heterocycles. The molecule has 56 valence electrons. The first-order valence-corrected chi connectivity index (χ1v) is 2.76. The lowest BCUT2D eigenvalue weighted by Crippen LogP contribution is -2.20. The average Bonchev–Trinajstić information content (AvgIpc) is 1.91. The molecule has 1 aromatic rings. The van der Waals surface area contributed by atoms with E-state index in [1.54, 1.807) is 12.4 Å². The lowest BCUT2D eigenvalue weighted by Gasteiger charge is -1.95. The van der Waals surface area contributed by atoms with Gasteiger partial charge in [-0.25, -0.2) is 0 Å². The molecule has 0 atom stereocenters. The van der Waals surface area contributed by atoms with Crippen LogP contribution >= 0.6 is 12.4 Å². The van der Waals surface area contributed by atoms with Crippen molar-refractivity contribution in [1.82, 2.24) is 10.4 Å². The molecule has 3 nitrogen and oxygen atoms in total. The van der Waals surface area contributed by atoms with Crippen LogP contribution in [0.4, 0.5) is 0 Å². The fraction of sp³-hybridized carbons (Fsp3) is 0.167. The Labute approximate surface area is 66.0 Å². The molecular formula is C6H10ClN3. The molecule has 1 rings (SSSR count). The summed E-state index contributed by atoms with van der Waals surface area (Å²) in [5.74, 6) is 5.09. The number of pyridine rings is 1. The molecule has 0 unspecified atom stereocenters. The van der Waals surface area contributed by atoms with Gasteiger partial charge in [-0.1, -0.05) is 0 Å². The van der Waals surface area contributed by atoms with E-state index in [1.165, 1.54) is 0 Å². The Morgan fingerprint density at radius 3 is 2.50 bits per heavy atom. The van der Waals surface area contributed by atoms with Crippen LogP contribution in [0.15, 0.2) is 24.5 Å². The number of rotatable bonds is 2. The van der Waals surface area contributed by atoms with Crippen LogP contribution in [0.25, 0.3) is 0 Å². The monoisotopic (exact) mass is 159 g/mol. The van der Waals surface area contributed by atoms with Gasteiger partial charge in [0.2, 0.25) is 0 Å². The van der Waals surface area contributed by atoms with Crippen molar-refractivity contribution in [2.24, 2.45) is 5.84 Å². The largest absolute Gasteiger partial charge is 0.271 e. The van der Waals surface area contributed by atoms with Gasteiger partial charge in [-0.2, -0.15) is 0 Å². The van der Waals surface area contributed by atoms with Crippen molar-refractivity contribution < 1.29 is 0 Å². The molecule has 0 radical (unpaired) electrons. The Morgan fingerprint density at radius 1 is 1.40 bits per heavy atom. The smallest absolute Gasteiger partial charge is 0.0349 e. The van der Waals surface area contributed by atoms with E-state index in [2.05, 4.69) is 10.4 Å². The molecule has 4 heteroatoms. The molecular weight excluding hydrogens is 150 g/mol. The van der Waals surface area contributed by atoms with E-state index in [0.717, 1.165) is 5.56 Å². The van der Waals surface area contributed by atoms with Crippen LogP contribution in [0, 0.1) is 0 Å². The number of nitrogens with one attached hydrogen (secondary N) is 1. The highest BCUT2D eigenvalue weighted by molar-refractivity contribution is 5.85. The molecule has 0 aliphatic carbocycles. The second-order valence-electron chi connectivity index (χ2n) is 1.74. The molecule has 0 fully saturated rings. The third kappa shape index (κ3) is 2.77. The van der Waals surface area contributed by atoms with Gasteiger partial charge in [0.05, 0.1) is 0 Å². The highest BCUT2D eigenvalue weighted by atomic mass is 35.5. The normalized spacial score (nSPS) is 8.50. The van der Waals surface area contributed by atoms with Crippen LogP contribution in [0.1, 0.15) is 5.56 Å². The van der Waals surface area contributed by atoms with E-state index in [9.17, 15) is 0 Å². The topological polar surface area (TPSA) is 50.9 Å². The molecule has 0 spiro atoms. The van der Waals surface area contributed by atoms with E-state index in [4.69, 9.17) is 5.84 Å². The average molecular weight is 160 g/mol. The Bertz CT molecular complexity index is 166. The standard InChI is InChI=1S/C6H9N3.ClH/c7-9-5-6-1-3-8-4-2-6;/h1-4,9H,5,7H2;1H. The molecule has 0 amide bonds. The molecule has 10 heavy (non-hydrogen) atoms. The predicted octanol–water partition coefficient (Wildman–Crippen LogP) is 0.467. The number of hydrazine groups is 1. The zero-order chi connectivity index (χ0) is 6.53. The van der Waals surface area contributed by atoms with E-state index < -0.39 is 0 Å². The third-order valence-corrected chi connectivity index (χ3v) is 1.06. The van der Waals surface area contributed by atoms with Crippen molar-refractivity contribution in [3.63, 3.8) is 0 Å². The zero-order valence-electron chi connectivity index (χ0n) is 5.45. The highest BCUT2D eigenvalue weighted by Crippen LogP contribution is 1.92. The zero-order valence-corrected chi connectivity index (χ0v) is 6.27. The molecule has 0 saturated carbocycles. The minimum atomic E-state index is 0. The number of hydrogen-bond donors (Lipinski definition) is 2. The van der Waals surface area contributed by atoms with Crippen LogP contribution < -0.4 is 11.3 Å². The van der Waals surface area contributed by atoms with Gasteiger partial charge in [-0.05, 0) is 17.7 Å². The molecule has 0 aliphatic rings. The Balaban J connectivity index is 0.000000810. The van der Waals surface area contributed by atoms with Gasteiger partial charge in [0.15, 0.2) is 0 Å². The lowest BCUT2D eigenvalue weighted by molar-refractivity contribution is 0.740. The van der Waals surface area contributed by atoms with E-state index >= 15 is 0 Å². The van der Waals surface area contributed by atoms with Crippen molar-refractivity contribution >= 4 is 12.4 Å². The van der Waals surface area contributed by atoms with Crippen LogP contribution in [-0.2, 0) is 6.54 Å². The molecule has 0 aromatic carbocycles. The van der Waals surface area contributed by atoms with Crippen molar-refractivity contribution in [1.29, 1.82) is 0 Å². The van der Waals surface area contributed by atoms with Gasteiger partial charge in [-0.15, -0.1) is 12.4 Å². The van der Waals surface area contributed by atoms with Crippen molar-refractivity contribution in [2.75, 3.05) is 0 Å². The van der Waals surface area contributed by atoms with Gasteiger partial charge in [-0.3, -0.25) is 16.3 Å². The summed E-state index contributed by atoms with van der Waals surface area (Å²) in [6.45, 7) is 0.697. The van der Waals surface area contributed by atoms with Gasteiger partial charge in [0.25, 0.3) is 0 Å². The van der Waals surface area contributed by atoms with Crippen LogP contribution in [-0.4, -0.2) is 4.98 Å². The number of nitrogens with zero attached hydrogens (tertiary/aromatic N) is 1. The minimum absolute atomic E-state index is 0. The Hall–Kier alpha value is -0.640. The SMILES string of the molecule is Cl.NNCc1ccncc1. The summed E-state index contributed by atoms with van der Waals surface area (Å²) >= 11 is 0. The van der Waals surface area contributed by atoms with Crippen molar-refractivity contribution in [3.05, 3.63) is 30.1 Å². The third-order valence-electron chi connectivity index (χ3n) is 1.06. The fourth-order valence-corrected chi connectivity index (χ4v) is 0.618. The maximum atomic E-state index is 5.09. The van der Waals surface area contributed by atoms with E-state index in [1.807, 2.05) is 12.1 Å². The van der Waals surface area contributed by atoms with Gasteiger partial charge in [0.1, 0.15) is 0 Å². The summed E-state index contributed by atoms with van der Waals surface area (Å²) in [6, 6.07) is 3.83. The minimum Gasteiger partial charge on any atom is -0.271 e. The fourth-order valence-electron chi connectivity index (χ4n) is 0.618. The summed E-state index contributed by atoms with van der Waals surface area (Å²) in [5, 5.41) is 0. The Morgan fingerprint density at radius 2 is 2.00 bits per heavy atom. The lowest BCUT2D eigenvalue weighted by atomic mass is 10.3. The first-order valence-electron chi connectivity index (χ1n) is 2.76. The molecule has 0 saturated heterocycles. The molecule has 3 N–H and O–H groups in total. The van der Waals surface area contributed by atoms with E-state index in [0.29, 0.717) is 6.54 Å². The van der Waals surface area contributed by atoms with Crippen LogP contribution in [0.5, 0.6) is 0 Å². The van der Waals surface area contributed by atoms with Crippen molar-refractivity contribution in [3.8, 4) is 0 Å². The van der Waals surface area contributed by atoms with Gasteiger partial charge < -0.3 is 0 Å². The van der Waals surface area contributed by atoms with Gasteiger partial charge >= 0.3 is 0 Å². The van der Waals surface area contributed by atoms with Crippen LogP contribution in [0.3, 0.4) is 0 Å². The summed E-state index contributed by atoms with van der Waals surface area (Å²) < 4.78 is 0. The van der Waals surface area contributed by atoms with Crippen molar-refractivity contribution in [2.45, 2.75) is 6.54 Å². The molecule has 1 aromatic heterocycles. The van der Waals surface area contributed by atoms with E-state index in [-0.39, 0.29) is 12.4 Å². The number of aromatic nitrogens is 1. The predicted molar refractivity (Wildman–Crippen MR) is 42.5 cm³/mol.